The average Bonchev–Trinajstić information content (AvgIpc) is 2.70. The van der Waals surface area contributed by atoms with Crippen LogP contribution in [0.1, 0.15) is 37.7 Å². The van der Waals surface area contributed by atoms with Gasteiger partial charge in [-0.3, -0.25) is 4.90 Å². The van der Waals surface area contributed by atoms with Gasteiger partial charge in [0.2, 0.25) is 0 Å². The van der Waals surface area contributed by atoms with Gasteiger partial charge in [0.1, 0.15) is 6.61 Å². The van der Waals surface area contributed by atoms with Crippen LogP contribution in [0.5, 0.6) is 0 Å². The van der Waals surface area contributed by atoms with Gasteiger partial charge < -0.3 is 14.4 Å². The Labute approximate surface area is 171 Å². The Morgan fingerprint density at radius 2 is 1.81 bits per heavy atom. The van der Waals surface area contributed by atoms with E-state index >= 15 is 0 Å². The highest BCUT2D eigenvalue weighted by Gasteiger charge is 2.33. The molecule has 0 aromatic heterocycles. The van der Waals surface area contributed by atoms with Crippen LogP contribution >= 0.6 is 15.9 Å². The maximum atomic E-state index is 12.1. The number of carbonyl (C=O) groups excluding carboxylic acids is 1. The summed E-state index contributed by atoms with van der Waals surface area (Å²) in [6, 6.07) is 9.32. The van der Waals surface area contributed by atoms with Crippen LogP contribution in [0, 0.1) is 5.92 Å². The molecule has 0 saturated carbocycles. The van der Waals surface area contributed by atoms with E-state index in [4.69, 9.17) is 9.47 Å². The molecule has 1 unspecified atom stereocenters. The molecule has 0 N–H and O–H groups in total. The van der Waals surface area contributed by atoms with E-state index in [1.54, 1.807) is 7.11 Å². The second-order valence-electron chi connectivity index (χ2n) is 7.59. The van der Waals surface area contributed by atoms with Crippen molar-refractivity contribution in [2.45, 2.75) is 44.7 Å². The third-order valence-electron chi connectivity index (χ3n) is 5.82. The predicted molar refractivity (Wildman–Crippen MR) is 110 cm³/mol. The van der Waals surface area contributed by atoms with Crippen molar-refractivity contribution < 1.29 is 14.3 Å². The van der Waals surface area contributed by atoms with Crippen molar-refractivity contribution in [2.75, 3.05) is 40.0 Å². The molecular weight excluding hydrogens is 408 g/mol. The number of hydrogen-bond donors (Lipinski definition) is 0. The number of hydrogen-bond acceptors (Lipinski definition) is 4. The molecule has 27 heavy (non-hydrogen) atoms. The molecule has 1 atom stereocenters. The van der Waals surface area contributed by atoms with Crippen molar-refractivity contribution >= 4 is 22.0 Å². The normalized spacial score (nSPS) is 22.0. The van der Waals surface area contributed by atoms with Crippen molar-refractivity contribution in [1.29, 1.82) is 0 Å². The van der Waals surface area contributed by atoms with Crippen molar-refractivity contribution in [2.24, 2.45) is 5.92 Å². The molecule has 150 valence electrons. The number of methoxy groups -OCH3 is 1. The number of nitrogens with zero attached hydrogens (tertiary/aromatic N) is 2. The molecule has 5 nitrogen and oxygen atoms in total. The summed E-state index contributed by atoms with van der Waals surface area (Å²) in [6.07, 6.45) is 5.83. The number of ether oxygens (including phenoxy) is 2. The molecule has 1 aromatic rings. The molecule has 2 heterocycles. The van der Waals surface area contributed by atoms with Crippen LogP contribution in [0.2, 0.25) is 0 Å². The Morgan fingerprint density at radius 3 is 2.52 bits per heavy atom. The zero-order valence-corrected chi connectivity index (χ0v) is 17.8. The highest BCUT2D eigenvalue weighted by molar-refractivity contribution is 9.10. The van der Waals surface area contributed by atoms with Gasteiger partial charge in [-0.1, -0.05) is 34.5 Å². The Hall–Kier alpha value is -1.11. The summed E-state index contributed by atoms with van der Waals surface area (Å²) in [6.45, 7) is 4.60. The van der Waals surface area contributed by atoms with Crippen molar-refractivity contribution in [3.63, 3.8) is 0 Å². The van der Waals surface area contributed by atoms with Crippen molar-refractivity contribution in [3.05, 3.63) is 34.3 Å². The molecule has 0 bridgehead atoms. The number of rotatable bonds is 6. The molecular formula is C21H31BrN2O3. The molecule has 2 aliphatic heterocycles. The Bertz CT molecular complexity index is 588. The second-order valence-corrected chi connectivity index (χ2v) is 8.51. The summed E-state index contributed by atoms with van der Waals surface area (Å²) in [7, 11) is 1.61. The minimum absolute atomic E-state index is 0.194. The number of carbonyl (C=O) groups is 1. The number of benzene rings is 1. The zero-order valence-electron chi connectivity index (χ0n) is 16.2. The summed E-state index contributed by atoms with van der Waals surface area (Å²) in [5.41, 5.74) is 1.38. The van der Waals surface area contributed by atoms with Crippen LogP contribution < -0.4 is 0 Å². The summed E-state index contributed by atoms with van der Waals surface area (Å²) >= 11 is 3.52. The summed E-state index contributed by atoms with van der Waals surface area (Å²) in [4.78, 5) is 16.6. The van der Waals surface area contributed by atoms with E-state index in [2.05, 4.69) is 45.1 Å². The minimum atomic E-state index is -0.194. The first kappa shape index (κ1) is 20.6. The van der Waals surface area contributed by atoms with Crippen LogP contribution in [0.15, 0.2) is 28.7 Å². The van der Waals surface area contributed by atoms with E-state index in [9.17, 15) is 4.79 Å². The second kappa shape index (κ2) is 10.4. The molecule has 0 radical (unpaired) electrons. The molecule has 0 aliphatic carbocycles. The van der Waals surface area contributed by atoms with Gasteiger partial charge in [-0.25, -0.2) is 4.79 Å². The van der Waals surface area contributed by atoms with Crippen LogP contribution in [-0.4, -0.2) is 61.9 Å². The Kier molecular flexibility index (Phi) is 7.97. The van der Waals surface area contributed by atoms with Crippen LogP contribution in [-0.2, 0) is 16.0 Å². The maximum absolute atomic E-state index is 12.1. The zero-order chi connectivity index (χ0) is 19.1. The van der Waals surface area contributed by atoms with E-state index in [1.165, 1.54) is 31.4 Å². The monoisotopic (exact) mass is 438 g/mol. The molecule has 2 aliphatic rings. The van der Waals surface area contributed by atoms with Gasteiger partial charge in [0.15, 0.2) is 0 Å². The highest BCUT2D eigenvalue weighted by atomic mass is 79.9. The first-order valence-electron chi connectivity index (χ1n) is 10.1. The summed E-state index contributed by atoms with van der Waals surface area (Å²) in [5.74, 6) is 0.670. The third kappa shape index (κ3) is 5.93. The first-order valence-corrected chi connectivity index (χ1v) is 10.9. The predicted octanol–water partition coefficient (Wildman–Crippen LogP) is 4.30. The lowest BCUT2D eigenvalue weighted by atomic mass is 9.83. The number of halogens is 1. The topological polar surface area (TPSA) is 42.0 Å². The lowest BCUT2D eigenvalue weighted by Gasteiger charge is -2.43. The fourth-order valence-electron chi connectivity index (χ4n) is 4.34. The van der Waals surface area contributed by atoms with E-state index < -0.39 is 0 Å². The third-order valence-corrected chi connectivity index (χ3v) is 6.35. The number of piperidine rings is 2. The Balaban J connectivity index is 1.52. The summed E-state index contributed by atoms with van der Waals surface area (Å²) in [5, 5.41) is 0. The lowest BCUT2D eigenvalue weighted by molar-refractivity contribution is 0.0387. The van der Waals surface area contributed by atoms with Crippen LogP contribution in [0.3, 0.4) is 0 Å². The lowest BCUT2D eigenvalue weighted by Crippen LogP contribution is -2.48. The Morgan fingerprint density at radius 1 is 1.07 bits per heavy atom. The average molecular weight is 439 g/mol. The van der Waals surface area contributed by atoms with Crippen LogP contribution in [0.4, 0.5) is 4.79 Å². The van der Waals surface area contributed by atoms with Gasteiger partial charge in [0, 0.05) is 37.3 Å². The minimum Gasteiger partial charge on any atom is -0.447 e. The molecule has 2 saturated heterocycles. The van der Waals surface area contributed by atoms with Gasteiger partial charge >= 0.3 is 6.09 Å². The largest absolute Gasteiger partial charge is 0.447 e. The van der Waals surface area contributed by atoms with Gasteiger partial charge in [-0.15, -0.1) is 0 Å². The number of likely N-dealkylation sites (tertiary alicyclic amines) is 2. The molecule has 3 rings (SSSR count). The first-order chi connectivity index (χ1) is 13.2. The molecule has 6 heteroatoms. The number of amides is 1. The highest BCUT2D eigenvalue weighted by Crippen LogP contribution is 2.31. The molecule has 0 spiro atoms. The molecule has 1 amide bonds. The SMILES string of the molecule is COCCOC(=O)N1CCC(C2CCCCN2Cc2ccc(Br)cc2)CC1. The van der Waals surface area contributed by atoms with Crippen molar-refractivity contribution in [1.82, 2.24) is 9.80 Å². The van der Waals surface area contributed by atoms with E-state index in [0.29, 0.717) is 25.2 Å². The van der Waals surface area contributed by atoms with E-state index in [1.807, 2.05) is 4.90 Å². The van der Waals surface area contributed by atoms with Crippen molar-refractivity contribution in [3.8, 4) is 0 Å². The quantitative estimate of drug-likeness (QED) is 0.620. The summed E-state index contributed by atoms with van der Waals surface area (Å²) < 4.78 is 11.3. The van der Waals surface area contributed by atoms with E-state index in [-0.39, 0.29) is 6.09 Å². The molecule has 2 fully saturated rings. The van der Waals surface area contributed by atoms with Gasteiger partial charge in [0.05, 0.1) is 6.61 Å². The van der Waals surface area contributed by atoms with Gasteiger partial charge in [-0.2, -0.15) is 0 Å². The van der Waals surface area contributed by atoms with Gasteiger partial charge in [0.25, 0.3) is 0 Å². The van der Waals surface area contributed by atoms with Gasteiger partial charge in [-0.05, 0) is 55.8 Å². The van der Waals surface area contributed by atoms with Crippen LogP contribution in [0.25, 0.3) is 0 Å². The fourth-order valence-corrected chi connectivity index (χ4v) is 4.61. The fraction of sp³-hybridized carbons (Fsp3) is 0.667. The maximum Gasteiger partial charge on any atom is 0.409 e. The smallest absolute Gasteiger partial charge is 0.409 e. The molecule has 1 aromatic carbocycles. The standard InChI is InChI=1S/C21H31BrN2O3/c1-26-14-15-27-21(25)23-12-9-18(10-13-23)20-4-2-3-11-24(20)16-17-5-7-19(22)8-6-17/h5-8,18,20H,2-4,9-16H2,1H3. The van der Waals surface area contributed by atoms with E-state index in [0.717, 1.165) is 36.9 Å².